The van der Waals surface area contributed by atoms with Crippen LogP contribution in [0.2, 0.25) is 0 Å². The first kappa shape index (κ1) is 19.6. The van der Waals surface area contributed by atoms with Gasteiger partial charge in [0.05, 0.1) is 0 Å². The van der Waals surface area contributed by atoms with E-state index in [0.717, 1.165) is 5.69 Å². The Balaban J connectivity index is -0.000000185. The molecule has 15 heavy (non-hydrogen) atoms. The van der Waals surface area contributed by atoms with Crippen molar-refractivity contribution < 1.29 is 50.7 Å². The molecule has 0 saturated heterocycles. The van der Waals surface area contributed by atoms with Gasteiger partial charge < -0.3 is 21.8 Å². The topological polar surface area (TPSA) is 203 Å². The Morgan fingerprint density at radius 1 is 0.933 bits per heavy atom. The first-order valence-corrected chi connectivity index (χ1v) is 4.25. The predicted molar refractivity (Wildman–Crippen MR) is 37.9 cm³/mol. The first-order chi connectivity index (χ1) is 5.79. The van der Waals surface area contributed by atoms with E-state index < -0.39 is 10.2 Å². The van der Waals surface area contributed by atoms with E-state index in [-0.39, 0.29) is 16.7 Å². The predicted octanol–water partition coefficient (Wildman–Crippen LogP) is -6.14. The monoisotopic (exact) mass is 245 g/mol. The highest BCUT2D eigenvalue weighted by atomic mass is 35.7. The van der Waals surface area contributed by atoms with Crippen LogP contribution >= 0.6 is 0 Å². The van der Waals surface area contributed by atoms with E-state index in [1.165, 1.54) is 0 Å². The highest BCUT2D eigenvalue weighted by Crippen LogP contribution is 2.08. The Kier molecular flexibility index (Phi) is 10.9. The summed E-state index contributed by atoms with van der Waals surface area (Å²) in [7, 11) is -4.94. The summed E-state index contributed by atoms with van der Waals surface area (Å²) < 4.78 is 34.0. The van der Waals surface area contributed by atoms with Gasteiger partial charge in [0.2, 0.25) is 0 Å². The van der Waals surface area contributed by atoms with E-state index in [4.69, 9.17) is 23.7 Å². The summed E-state index contributed by atoms with van der Waals surface area (Å²) in [6, 6.07) is 6.75. The fourth-order valence-electron chi connectivity index (χ4n) is 0.496. The third-order valence-corrected chi connectivity index (χ3v) is 0.936. The minimum Gasteiger partial charge on any atom is -0.508 e. The molecule has 0 bridgehead atoms. The molecule has 0 atom stereocenters. The van der Waals surface area contributed by atoms with Gasteiger partial charge >= 0.3 is 0 Å². The van der Waals surface area contributed by atoms with E-state index in [2.05, 4.69) is 5.73 Å². The van der Waals surface area contributed by atoms with Crippen LogP contribution in [0.3, 0.4) is 0 Å². The molecule has 9 heteroatoms. The van der Waals surface area contributed by atoms with Gasteiger partial charge in [0.15, 0.2) is 0 Å². The van der Waals surface area contributed by atoms with Crippen LogP contribution < -0.4 is 24.4 Å². The molecule has 0 amide bonds. The molecular weight excluding hydrogens is 234 g/mol. The molecule has 0 aliphatic rings. The number of phenols is 1. The summed E-state index contributed by atoms with van der Waals surface area (Å²) in [5.74, 6) is 0.289. The third-order valence-electron chi connectivity index (χ3n) is 0.936. The zero-order valence-electron chi connectivity index (χ0n) is 7.47. The lowest BCUT2D eigenvalue weighted by Gasteiger charge is -2.17. The quantitative estimate of drug-likeness (QED) is 0.456. The number of quaternary nitrogens is 1. The maximum atomic E-state index is 8.73. The molecule has 0 aromatic heterocycles. The van der Waals surface area contributed by atoms with Crippen molar-refractivity contribution in [3.63, 3.8) is 0 Å². The molecule has 1 rings (SSSR count). The molecular formula is C6H12ClNO7. The van der Waals surface area contributed by atoms with Crippen molar-refractivity contribution >= 4 is 5.69 Å². The minimum atomic E-state index is -4.94. The second kappa shape index (κ2) is 8.35. The molecule has 0 radical (unpaired) electrons. The summed E-state index contributed by atoms with van der Waals surface area (Å²) in [6.07, 6.45) is 0. The summed E-state index contributed by atoms with van der Waals surface area (Å²) in [6.45, 7) is 0. The highest BCUT2D eigenvalue weighted by molar-refractivity contribution is 5.33. The van der Waals surface area contributed by atoms with E-state index in [1.54, 1.807) is 24.3 Å². The van der Waals surface area contributed by atoms with E-state index >= 15 is 0 Å². The normalized spacial score (nSPS) is 8.87. The minimum absolute atomic E-state index is 0. The van der Waals surface area contributed by atoms with E-state index in [1.807, 2.05) is 0 Å². The number of phenolic OH excluding ortho intramolecular Hbond substituents is 1. The smallest absolute Gasteiger partial charge is 0.128 e. The number of benzene rings is 1. The zero-order chi connectivity index (χ0) is 10.5. The first-order valence-electron chi connectivity index (χ1n) is 3.02. The van der Waals surface area contributed by atoms with Crippen LogP contribution in [0.25, 0.3) is 0 Å². The van der Waals surface area contributed by atoms with Crippen LogP contribution in [0.5, 0.6) is 5.75 Å². The standard InChI is InChI=1S/C6H7NO.ClHO4.2H2O/c7-5-1-3-6(8)4-2-5;2-1(3,4)5;;/h1-4,8H,7H2;(H,2,3,4,5);2*1H2. The van der Waals surface area contributed by atoms with Gasteiger partial charge in [-0.2, -0.15) is 0 Å². The van der Waals surface area contributed by atoms with Gasteiger partial charge in [0, 0.05) is 12.1 Å². The Morgan fingerprint density at radius 2 is 1.20 bits per heavy atom. The van der Waals surface area contributed by atoms with E-state index in [9.17, 15) is 0 Å². The van der Waals surface area contributed by atoms with Crippen molar-refractivity contribution in [1.82, 2.24) is 0 Å². The number of halogens is 1. The van der Waals surface area contributed by atoms with Gasteiger partial charge in [-0.25, -0.2) is 18.6 Å². The molecule has 0 saturated carbocycles. The summed E-state index contributed by atoms with van der Waals surface area (Å²) >= 11 is 0. The molecule has 1 aromatic rings. The number of hydrogen-bond acceptors (Lipinski definition) is 5. The average molecular weight is 246 g/mol. The van der Waals surface area contributed by atoms with Gasteiger partial charge in [-0.1, -0.05) is 0 Å². The number of hydrogen-bond donors (Lipinski definition) is 2. The van der Waals surface area contributed by atoms with Crippen molar-refractivity contribution in [2.75, 3.05) is 0 Å². The van der Waals surface area contributed by atoms with Crippen LogP contribution in [-0.2, 0) is 0 Å². The van der Waals surface area contributed by atoms with Gasteiger partial charge in [0.1, 0.15) is 11.4 Å². The maximum absolute atomic E-state index is 8.73. The molecule has 90 valence electrons. The average Bonchev–Trinajstić information content (AvgIpc) is 1.92. The fraction of sp³-hybridized carbons (Fsp3) is 0. The second-order valence-corrected chi connectivity index (χ2v) is 2.80. The Hall–Kier alpha value is -0.970. The van der Waals surface area contributed by atoms with Crippen molar-refractivity contribution in [2.24, 2.45) is 0 Å². The molecule has 0 spiro atoms. The summed E-state index contributed by atoms with van der Waals surface area (Å²) in [5.41, 5.74) is 4.57. The largest absolute Gasteiger partial charge is 0.508 e. The molecule has 8 N–H and O–H groups in total. The SMILES string of the molecule is O.O.[NH3+]c1ccc(O)cc1.[O-][Cl+3]([O-])([O-])[O-]. The molecule has 1 aromatic carbocycles. The summed E-state index contributed by atoms with van der Waals surface area (Å²) in [4.78, 5) is 0. The Labute approximate surface area is 87.2 Å². The van der Waals surface area contributed by atoms with Crippen LogP contribution in [0.1, 0.15) is 0 Å². The lowest BCUT2D eigenvalue weighted by atomic mass is 10.3. The van der Waals surface area contributed by atoms with Gasteiger partial charge in [-0.3, -0.25) is 0 Å². The second-order valence-electron chi connectivity index (χ2n) is 2.04. The van der Waals surface area contributed by atoms with Crippen molar-refractivity contribution in [3.05, 3.63) is 24.3 Å². The Morgan fingerprint density at radius 3 is 1.40 bits per heavy atom. The van der Waals surface area contributed by atoms with Crippen LogP contribution in [0.4, 0.5) is 5.69 Å². The van der Waals surface area contributed by atoms with Crippen molar-refractivity contribution in [2.45, 2.75) is 0 Å². The van der Waals surface area contributed by atoms with Gasteiger partial charge in [-0.15, -0.1) is 10.2 Å². The van der Waals surface area contributed by atoms with Gasteiger partial charge in [0.25, 0.3) is 0 Å². The lowest BCUT2D eigenvalue weighted by molar-refractivity contribution is -2.00. The van der Waals surface area contributed by atoms with Gasteiger partial charge in [-0.05, 0) is 12.1 Å². The molecule has 0 unspecified atom stereocenters. The lowest BCUT2D eigenvalue weighted by Crippen LogP contribution is -2.68. The molecule has 8 nitrogen and oxygen atoms in total. The third kappa shape index (κ3) is 19.4. The van der Waals surface area contributed by atoms with Crippen LogP contribution in [0.15, 0.2) is 24.3 Å². The van der Waals surface area contributed by atoms with Crippen molar-refractivity contribution in [1.29, 1.82) is 0 Å². The van der Waals surface area contributed by atoms with Crippen LogP contribution in [-0.4, -0.2) is 16.1 Å². The van der Waals surface area contributed by atoms with E-state index in [0.29, 0.717) is 0 Å². The molecule has 0 aliphatic heterocycles. The number of rotatable bonds is 0. The molecule has 0 fully saturated rings. The van der Waals surface area contributed by atoms with Crippen LogP contribution in [0, 0.1) is 10.2 Å². The maximum Gasteiger partial charge on any atom is 0.128 e. The molecule has 0 heterocycles. The summed E-state index contributed by atoms with van der Waals surface area (Å²) in [5, 5.41) is 8.73. The van der Waals surface area contributed by atoms with Crippen molar-refractivity contribution in [3.8, 4) is 5.75 Å². The highest BCUT2D eigenvalue weighted by Gasteiger charge is 1.85. The number of aromatic hydroxyl groups is 1. The molecule has 0 aliphatic carbocycles. The fourth-order valence-corrected chi connectivity index (χ4v) is 0.496. The zero-order valence-corrected chi connectivity index (χ0v) is 8.23. The Bertz CT molecular complexity index is 220.